The number of anilines is 1. The van der Waals surface area contributed by atoms with E-state index in [2.05, 4.69) is 58.2 Å². The monoisotopic (exact) mass is 377 g/mol. The van der Waals surface area contributed by atoms with Crippen molar-refractivity contribution in [1.82, 2.24) is 9.88 Å². The van der Waals surface area contributed by atoms with E-state index in [1.807, 2.05) is 6.20 Å². The first kappa shape index (κ1) is 17.6. The Balaban J connectivity index is 1.60. The topological polar surface area (TPSA) is 40.7 Å². The number of benzene rings is 2. The summed E-state index contributed by atoms with van der Waals surface area (Å²) in [5.74, 6) is 1.37. The Morgan fingerprint density at radius 1 is 1.11 bits per heavy atom. The van der Waals surface area contributed by atoms with E-state index in [-0.39, 0.29) is 0 Å². The van der Waals surface area contributed by atoms with Crippen molar-refractivity contribution in [3.8, 4) is 5.75 Å². The molecule has 1 fully saturated rings. The van der Waals surface area contributed by atoms with Crippen molar-refractivity contribution in [2.24, 2.45) is 0 Å². The highest BCUT2D eigenvalue weighted by atomic mass is 16.5. The van der Waals surface area contributed by atoms with Gasteiger partial charge in [0.1, 0.15) is 5.75 Å². The van der Waals surface area contributed by atoms with E-state index in [9.17, 15) is 0 Å². The van der Waals surface area contributed by atoms with Crippen LogP contribution in [-0.2, 0) is 11.3 Å². The van der Waals surface area contributed by atoms with Gasteiger partial charge in [-0.2, -0.15) is 0 Å². The van der Waals surface area contributed by atoms with Gasteiger partial charge in [-0.15, -0.1) is 0 Å². The highest BCUT2D eigenvalue weighted by Gasteiger charge is 2.30. The summed E-state index contributed by atoms with van der Waals surface area (Å²) in [5.41, 5.74) is 6.45. The van der Waals surface area contributed by atoms with Gasteiger partial charge in [0.15, 0.2) is 0 Å². The first-order valence-electron chi connectivity index (χ1n) is 10.0. The van der Waals surface area contributed by atoms with Gasteiger partial charge in [0, 0.05) is 49.4 Å². The van der Waals surface area contributed by atoms with Gasteiger partial charge >= 0.3 is 0 Å². The lowest BCUT2D eigenvalue weighted by molar-refractivity contribution is 0.122. The fourth-order valence-electron chi connectivity index (χ4n) is 4.72. The summed E-state index contributed by atoms with van der Waals surface area (Å²) in [5, 5.41) is 1.27. The lowest BCUT2D eigenvalue weighted by Gasteiger charge is -2.36. The number of fused-ring (bicyclic) bond motifs is 2. The normalized spacial score (nSPS) is 20.4. The second-order valence-electron chi connectivity index (χ2n) is 7.86. The van der Waals surface area contributed by atoms with Crippen LogP contribution in [0.15, 0.2) is 42.6 Å². The van der Waals surface area contributed by atoms with Crippen molar-refractivity contribution in [2.45, 2.75) is 12.5 Å². The smallest absolute Gasteiger partial charge is 0.146 e. The Labute approximate surface area is 165 Å². The third-order valence-corrected chi connectivity index (χ3v) is 6.11. The maximum atomic E-state index is 5.97. The Hall–Kier alpha value is -2.50. The molecule has 2 aliphatic rings. The molecule has 5 heteroatoms. The minimum Gasteiger partial charge on any atom is -0.494 e. The third kappa shape index (κ3) is 2.95. The zero-order chi connectivity index (χ0) is 19.1. The van der Waals surface area contributed by atoms with Crippen LogP contribution in [0.5, 0.6) is 5.75 Å². The minimum absolute atomic E-state index is 0.348. The Kier molecular flexibility index (Phi) is 4.49. The van der Waals surface area contributed by atoms with Gasteiger partial charge in [0.2, 0.25) is 0 Å². The molecule has 3 heterocycles. The van der Waals surface area contributed by atoms with E-state index in [1.54, 1.807) is 7.11 Å². The van der Waals surface area contributed by atoms with Gasteiger partial charge in [-0.1, -0.05) is 12.1 Å². The zero-order valence-corrected chi connectivity index (χ0v) is 16.6. The van der Waals surface area contributed by atoms with E-state index < -0.39 is 0 Å². The number of nitrogens with one attached hydrogen (secondary N) is 1. The SMILES string of the molecule is COc1c(N2CCOCC2)ccc2c1CN(C)CC2c1ccc2[nH]ccc2c1. The maximum absolute atomic E-state index is 5.97. The molecule has 146 valence electrons. The summed E-state index contributed by atoms with van der Waals surface area (Å²) in [6.45, 7) is 5.32. The van der Waals surface area contributed by atoms with Crippen molar-refractivity contribution >= 4 is 16.6 Å². The molecular weight excluding hydrogens is 350 g/mol. The number of H-pyrrole nitrogens is 1. The fourth-order valence-corrected chi connectivity index (χ4v) is 4.72. The number of hydrogen-bond acceptors (Lipinski definition) is 4. The third-order valence-electron chi connectivity index (χ3n) is 6.11. The van der Waals surface area contributed by atoms with Crippen LogP contribution in [0.25, 0.3) is 10.9 Å². The molecule has 0 radical (unpaired) electrons. The number of nitrogens with zero attached hydrogens (tertiary/aromatic N) is 2. The van der Waals surface area contributed by atoms with E-state index in [0.717, 1.165) is 45.1 Å². The number of hydrogen-bond donors (Lipinski definition) is 1. The molecule has 5 nitrogen and oxygen atoms in total. The molecule has 0 aliphatic carbocycles. The van der Waals surface area contributed by atoms with Crippen molar-refractivity contribution in [2.75, 3.05) is 51.9 Å². The predicted molar refractivity (Wildman–Crippen MR) is 113 cm³/mol. The summed E-state index contributed by atoms with van der Waals surface area (Å²) in [6, 6.07) is 13.5. The standard InChI is InChI=1S/C23H27N3O2/c1-25-14-19(16-3-5-21-17(13-16)7-8-24-21)18-4-6-22(23(27-2)20(18)15-25)26-9-11-28-12-10-26/h3-8,13,19,24H,9-12,14-15H2,1-2H3. The molecule has 0 saturated carbocycles. The molecule has 1 saturated heterocycles. The maximum Gasteiger partial charge on any atom is 0.146 e. The van der Waals surface area contributed by atoms with Crippen LogP contribution in [0, 0.1) is 0 Å². The molecular formula is C23H27N3O2. The lowest BCUT2D eigenvalue weighted by atomic mass is 9.83. The van der Waals surface area contributed by atoms with Crippen LogP contribution >= 0.6 is 0 Å². The first-order chi connectivity index (χ1) is 13.7. The van der Waals surface area contributed by atoms with Gasteiger partial charge in [0.05, 0.1) is 26.0 Å². The molecule has 1 N–H and O–H groups in total. The van der Waals surface area contributed by atoms with Gasteiger partial charge in [0.25, 0.3) is 0 Å². The van der Waals surface area contributed by atoms with Gasteiger partial charge < -0.3 is 24.3 Å². The second kappa shape index (κ2) is 7.15. The number of ether oxygens (including phenoxy) is 2. The molecule has 1 aromatic heterocycles. The molecule has 1 unspecified atom stereocenters. The largest absolute Gasteiger partial charge is 0.494 e. The average Bonchev–Trinajstić information content (AvgIpc) is 3.20. The summed E-state index contributed by atoms with van der Waals surface area (Å²) < 4.78 is 11.5. The molecule has 0 amide bonds. The van der Waals surface area contributed by atoms with Gasteiger partial charge in [-0.3, -0.25) is 0 Å². The number of morpholine rings is 1. The number of methoxy groups -OCH3 is 1. The quantitative estimate of drug-likeness (QED) is 0.757. The Bertz CT molecular complexity index is 991. The van der Waals surface area contributed by atoms with Crippen LogP contribution < -0.4 is 9.64 Å². The number of rotatable bonds is 3. The van der Waals surface area contributed by atoms with Crippen LogP contribution in [0.1, 0.15) is 22.6 Å². The zero-order valence-electron chi connectivity index (χ0n) is 16.6. The summed E-state index contributed by atoms with van der Waals surface area (Å²) in [6.07, 6.45) is 2.01. The molecule has 2 aromatic carbocycles. The first-order valence-corrected chi connectivity index (χ1v) is 10.0. The molecule has 1 atom stereocenters. The van der Waals surface area contributed by atoms with Gasteiger partial charge in [-0.25, -0.2) is 0 Å². The Morgan fingerprint density at radius 3 is 2.79 bits per heavy atom. The van der Waals surface area contributed by atoms with E-state index in [0.29, 0.717) is 5.92 Å². The Morgan fingerprint density at radius 2 is 1.96 bits per heavy atom. The lowest BCUT2D eigenvalue weighted by Crippen LogP contribution is -2.37. The summed E-state index contributed by atoms with van der Waals surface area (Å²) in [4.78, 5) is 8.08. The highest BCUT2D eigenvalue weighted by Crippen LogP contribution is 2.43. The number of aromatic amines is 1. The predicted octanol–water partition coefficient (Wildman–Crippen LogP) is 3.59. The van der Waals surface area contributed by atoms with E-state index in [1.165, 1.54) is 33.3 Å². The van der Waals surface area contributed by atoms with E-state index >= 15 is 0 Å². The van der Waals surface area contributed by atoms with Crippen molar-refractivity contribution < 1.29 is 9.47 Å². The van der Waals surface area contributed by atoms with Crippen LogP contribution in [0.2, 0.25) is 0 Å². The summed E-state index contributed by atoms with van der Waals surface area (Å²) >= 11 is 0. The number of likely N-dealkylation sites (N-methyl/N-ethyl adjacent to an activating group) is 1. The fraction of sp³-hybridized carbons (Fsp3) is 0.391. The van der Waals surface area contributed by atoms with Crippen molar-refractivity contribution in [1.29, 1.82) is 0 Å². The second-order valence-corrected chi connectivity index (χ2v) is 7.86. The molecule has 0 bridgehead atoms. The average molecular weight is 377 g/mol. The van der Waals surface area contributed by atoms with Crippen LogP contribution in [-0.4, -0.2) is 56.9 Å². The molecule has 0 spiro atoms. The highest BCUT2D eigenvalue weighted by molar-refractivity contribution is 5.80. The molecule has 5 rings (SSSR count). The molecule has 28 heavy (non-hydrogen) atoms. The molecule has 3 aromatic rings. The van der Waals surface area contributed by atoms with Crippen LogP contribution in [0.4, 0.5) is 5.69 Å². The van der Waals surface area contributed by atoms with Crippen molar-refractivity contribution in [3.05, 3.63) is 59.3 Å². The molecule has 2 aliphatic heterocycles. The minimum atomic E-state index is 0.348. The van der Waals surface area contributed by atoms with Crippen LogP contribution in [0.3, 0.4) is 0 Å². The summed E-state index contributed by atoms with van der Waals surface area (Å²) in [7, 11) is 4.00. The number of aromatic nitrogens is 1. The van der Waals surface area contributed by atoms with E-state index in [4.69, 9.17) is 9.47 Å². The van der Waals surface area contributed by atoms with Crippen molar-refractivity contribution in [3.63, 3.8) is 0 Å². The van der Waals surface area contributed by atoms with Gasteiger partial charge in [-0.05, 0) is 47.8 Å².